The summed E-state index contributed by atoms with van der Waals surface area (Å²) in [5, 5.41) is 10.7. The van der Waals surface area contributed by atoms with Crippen LogP contribution in [0.4, 0.5) is 5.69 Å². The Morgan fingerprint density at radius 3 is 2.53 bits per heavy atom. The second-order valence-corrected chi connectivity index (χ2v) is 3.62. The van der Waals surface area contributed by atoms with Gasteiger partial charge < -0.3 is 9.47 Å². The van der Waals surface area contributed by atoms with Crippen molar-refractivity contribution >= 4 is 17.6 Å². The molecule has 7 nitrogen and oxygen atoms in total. The van der Waals surface area contributed by atoms with Crippen LogP contribution in [0.5, 0.6) is 5.75 Å². The SMILES string of the molecule is CCOC(=O)C(C)C(=O)Oc1ccccc1[N+](=O)[O-]. The fourth-order valence-electron chi connectivity index (χ4n) is 1.25. The van der Waals surface area contributed by atoms with Gasteiger partial charge in [0.15, 0.2) is 5.92 Å². The Labute approximate surface area is 109 Å². The quantitative estimate of drug-likeness (QED) is 0.265. The van der Waals surface area contributed by atoms with Crippen LogP contribution in [-0.2, 0) is 14.3 Å². The van der Waals surface area contributed by atoms with Crippen molar-refractivity contribution < 1.29 is 24.0 Å². The zero-order chi connectivity index (χ0) is 14.4. The molecule has 1 unspecified atom stereocenters. The Balaban J connectivity index is 2.83. The Morgan fingerprint density at radius 2 is 1.95 bits per heavy atom. The normalized spacial score (nSPS) is 11.5. The van der Waals surface area contributed by atoms with Gasteiger partial charge in [-0.05, 0) is 19.9 Å². The number of carbonyl (C=O) groups is 2. The summed E-state index contributed by atoms with van der Waals surface area (Å²) >= 11 is 0. The molecule has 1 atom stereocenters. The van der Waals surface area contributed by atoms with Crippen molar-refractivity contribution in [3.8, 4) is 5.75 Å². The number of para-hydroxylation sites is 2. The van der Waals surface area contributed by atoms with Crippen molar-refractivity contribution in [2.24, 2.45) is 5.92 Å². The van der Waals surface area contributed by atoms with Gasteiger partial charge in [-0.2, -0.15) is 0 Å². The average Bonchev–Trinajstić information content (AvgIpc) is 2.38. The maximum atomic E-state index is 11.7. The summed E-state index contributed by atoms with van der Waals surface area (Å²) in [6.07, 6.45) is 0. The molecule has 0 bridgehead atoms. The highest BCUT2D eigenvalue weighted by Gasteiger charge is 2.27. The maximum absolute atomic E-state index is 11.7. The van der Waals surface area contributed by atoms with E-state index in [0.717, 1.165) is 0 Å². The summed E-state index contributed by atoms with van der Waals surface area (Å²) < 4.78 is 9.52. The minimum absolute atomic E-state index is 0.141. The molecule has 1 aromatic rings. The standard InChI is InChI=1S/C12H13NO6/c1-3-18-11(14)8(2)12(15)19-10-7-5-4-6-9(10)13(16)17/h4-8H,3H2,1-2H3. The van der Waals surface area contributed by atoms with E-state index in [1.54, 1.807) is 6.92 Å². The van der Waals surface area contributed by atoms with Crippen LogP contribution in [0.25, 0.3) is 0 Å². The molecule has 0 saturated carbocycles. The molecule has 0 N–H and O–H groups in total. The Kier molecular flexibility index (Phi) is 4.99. The molecule has 0 fully saturated rings. The second kappa shape index (κ2) is 6.48. The molecule has 7 heteroatoms. The monoisotopic (exact) mass is 267 g/mol. The van der Waals surface area contributed by atoms with E-state index in [4.69, 9.17) is 4.74 Å². The van der Waals surface area contributed by atoms with E-state index < -0.39 is 22.8 Å². The highest BCUT2D eigenvalue weighted by atomic mass is 16.6. The number of hydrogen-bond acceptors (Lipinski definition) is 6. The summed E-state index contributed by atoms with van der Waals surface area (Å²) in [5.74, 6) is -2.97. The third-order valence-corrected chi connectivity index (χ3v) is 2.27. The van der Waals surface area contributed by atoms with Gasteiger partial charge in [-0.1, -0.05) is 12.1 Å². The van der Waals surface area contributed by atoms with Gasteiger partial charge in [-0.3, -0.25) is 19.7 Å². The Hall–Kier alpha value is -2.44. The fraction of sp³-hybridized carbons (Fsp3) is 0.333. The largest absolute Gasteiger partial charge is 0.465 e. The maximum Gasteiger partial charge on any atom is 0.325 e. The molecule has 0 aliphatic carbocycles. The third kappa shape index (κ3) is 3.77. The van der Waals surface area contributed by atoms with Crippen molar-refractivity contribution in [1.82, 2.24) is 0 Å². The van der Waals surface area contributed by atoms with E-state index in [1.807, 2.05) is 0 Å². The first-order valence-electron chi connectivity index (χ1n) is 5.59. The smallest absolute Gasteiger partial charge is 0.325 e. The number of hydrogen-bond donors (Lipinski definition) is 0. The summed E-state index contributed by atoms with van der Waals surface area (Å²) in [7, 11) is 0. The van der Waals surface area contributed by atoms with E-state index in [-0.39, 0.29) is 18.0 Å². The Bertz CT molecular complexity index is 499. The molecular formula is C12H13NO6. The van der Waals surface area contributed by atoms with Gasteiger partial charge >= 0.3 is 17.6 Å². The molecule has 0 saturated heterocycles. The first-order chi connectivity index (χ1) is 8.97. The number of nitro benzene ring substituents is 1. The van der Waals surface area contributed by atoms with Crippen molar-refractivity contribution in [2.75, 3.05) is 6.61 Å². The number of nitro groups is 1. The van der Waals surface area contributed by atoms with Crippen LogP contribution >= 0.6 is 0 Å². The number of esters is 2. The molecule has 0 heterocycles. The highest BCUT2D eigenvalue weighted by Crippen LogP contribution is 2.26. The van der Waals surface area contributed by atoms with Crippen LogP contribution < -0.4 is 4.74 Å². The molecule has 0 aliphatic rings. The van der Waals surface area contributed by atoms with E-state index in [9.17, 15) is 19.7 Å². The number of ether oxygens (including phenoxy) is 2. The first-order valence-corrected chi connectivity index (χ1v) is 5.59. The summed E-state index contributed by atoms with van der Waals surface area (Å²) in [6, 6.07) is 5.43. The van der Waals surface area contributed by atoms with E-state index in [2.05, 4.69) is 4.74 Å². The minimum Gasteiger partial charge on any atom is -0.465 e. The predicted molar refractivity (Wildman–Crippen MR) is 64.5 cm³/mol. The summed E-state index contributed by atoms with van der Waals surface area (Å²) in [4.78, 5) is 33.1. The van der Waals surface area contributed by atoms with Crippen LogP contribution in [0.15, 0.2) is 24.3 Å². The fourth-order valence-corrected chi connectivity index (χ4v) is 1.25. The molecule has 0 spiro atoms. The number of carbonyl (C=O) groups excluding carboxylic acids is 2. The zero-order valence-corrected chi connectivity index (χ0v) is 10.5. The molecule has 1 aromatic carbocycles. The van der Waals surface area contributed by atoms with Crippen LogP contribution in [0, 0.1) is 16.0 Å². The lowest BCUT2D eigenvalue weighted by atomic mass is 10.2. The molecule has 19 heavy (non-hydrogen) atoms. The van der Waals surface area contributed by atoms with Crippen molar-refractivity contribution in [1.29, 1.82) is 0 Å². The van der Waals surface area contributed by atoms with Crippen LogP contribution in [-0.4, -0.2) is 23.5 Å². The lowest BCUT2D eigenvalue weighted by Gasteiger charge is -2.10. The predicted octanol–water partition coefficient (Wildman–Crippen LogP) is 1.70. The number of nitrogens with zero attached hydrogens (tertiary/aromatic N) is 1. The molecular weight excluding hydrogens is 254 g/mol. The van der Waals surface area contributed by atoms with Gasteiger partial charge in [-0.25, -0.2) is 0 Å². The molecule has 0 aromatic heterocycles. The minimum atomic E-state index is -1.14. The van der Waals surface area contributed by atoms with E-state index >= 15 is 0 Å². The lowest BCUT2D eigenvalue weighted by molar-refractivity contribution is -0.385. The van der Waals surface area contributed by atoms with Gasteiger partial charge in [0.25, 0.3) is 0 Å². The third-order valence-electron chi connectivity index (χ3n) is 2.27. The van der Waals surface area contributed by atoms with Crippen molar-refractivity contribution in [3.05, 3.63) is 34.4 Å². The van der Waals surface area contributed by atoms with Gasteiger partial charge in [0.05, 0.1) is 11.5 Å². The number of benzene rings is 1. The molecule has 0 aliphatic heterocycles. The molecule has 102 valence electrons. The lowest BCUT2D eigenvalue weighted by Crippen LogP contribution is -2.27. The van der Waals surface area contributed by atoms with E-state index in [0.29, 0.717) is 0 Å². The van der Waals surface area contributed by atoms with Crippen molar-refractivity contribution in [2.45, 2.75) is 13.8 Å². The molecule has 0 radical (unpaired) electrons. The molecule has 0 amide bonds. The second-order valence-electron chi connectivity index (χ2n) is 3.62. The zero-order valence-electron chi connectivity index (χ0n) is 10.5. The van der Waals surface area contributed by atoms with Crippen LogP contribution in [0.2, 0.25) is 0 Å². The van der Waals surface area contributed by atoms with Gasteiger partial charge in [0, 0.05) is 6.07 Å². The summed E-state index contributed by atoms with van der Waals surface area (Å²) in [5.41, 5.74) is -0.341. The van der Waals surface area contributed by atoms with Gasteiger partial charge in [0.1, 0.15) is 0 Å². The van der Waals surface area contributed by atoms with Gasteiger partial charge in [0.2, 0.25) is 5.75 Å². The number of rotatable bonds is 5. The van der Waals surface area contributed by atoms with Gasteiger partial charge in [-0.15, -0.1) is 0 Å². The molecule has 1 rings (SSSR count). The van der Waals surface area contributed by atoms with E-state index in [1.165, 1.54) is 31.2 Å². The van der Waals surface area contributed by atoms with Crippen LogP contribution in [0.1, 0.15) is 13.8 Å². The Morgan fingerprint density at radius 1 is 1.32 bits per heavy atom. The van der Waals surface area contributed by atoms with Crippen molar-refractivity contribution in [3.63, 3.8) is 0 Å². The summed E-state index contributed by atoms with van der Waals surface area (Å²) in [6.45, 7) is 3.06. The van der Waals surface area contributed by atoms with Crippen LogP contribution in [0.3, 0.4) is 0 Å². The topological polar surface area (TPSA) is 95.7 Å². The average molecular weight is 267 g/mol. The highest BCUT2D eigenvalue weighted by molar-refractivity contribution is 5.95. The first kappa shape index (κ1) is 14.6.